The molecule has 0 aliphatic rings. The summed E-state index contributed by atoms with van der Waals surface area (Å²) < 4.78 is 4.56. The van der Waals surface area contributed by atoms with E-state index in [9.17, 15) is 10.1 Å². The average Bonchev–Trinajstić information content (AvgIpc) is 2.43. The molecule has 1 aromatic rings. The van der Waals surface area contributed by atoms with Crippen LogP contribution in [0.3, 0.4) is 0 Å². The first-order chi connectivity index (χ1) is 8.67. The first-order valence-electron chi connectivity index (χ1n) is 5.65. The quantitative estimate of drug-likeness (QED) is 0.596. The number of aryl methyl sites for hydroxylation is 1. The van der Waals surface area contributed by atoms with Gasteiger partial charge in [0.2, 0.25) is 0 Å². The van der Waals surface area contributed by atoms with Crippen LogP contribution >= 0.6 is 11.8 Å². The molecule has 1 heterocycles. The first kappa shape index (κ1) is 14.5. The minimum absolute atomic E-state index is 0.133. The van der Waals surface area contributed by atoms with Gasteiger partial charge < -0.3 is 4.74 Å². The van der Waals surface area contributed by atoms with Crippen molar-refractivity contribution in [2.45, 2.75) is 31.7 Å². The highest BCUT2D eigenvalue weighted by Gasteiger charge is 2.15. The highest BCUT2D eigenvalue weighted by molar-refractivity contribution is 7.99. The summed E-state index contributed by atoms with van der Waals surface area (Å²) in [5.41, 5.74) is 2.29. The molecular weight excluding hydrogens is 250 g/mol. The maximum atomic E-state index is 11.1. The normalized spacial score (nSPS) is 9.89. The van der Waals surface area contributed by atoms with Gasteiger partial charge in [0.05, 0.1) is 24.1 Å². The molecule has 18 heavy (non-hydrogen) atoms. The Kier molecular flexibility index (Phi) is 5.59. The molecule has 0 aliphatic carbocycles. The van der Waals surface area contributed by atoms with Crippen LogP contribution in [0.5, 0.6) is 0 Å². The fourth-order valence-corrected chi connectivity index (χ4v) is 2.34. The Morgan fingerprint density at radius 2 is 2.11 bits per heavy atom. The molecule has 5 nitrogen and oxygen atoms in total. The zero-order valence-electron chi connectivity index (χ0n) is 10.7. The number of nitrogens with zero attached hydrogens (tertiary/aromatic N) is 3. The molecule has 0 unspecified atom stereocenters. The van der Waals surface area contributed by atoms with Crippen LogP contribution in [-0.2, 0) is 22.4 Å². The van der Waals surface area contributed by atoms with E-state index in [-0.39, 0.29) is 11.7 Å². The van der Waals surface area contributed by atoms with Crippen molar-refractivity contribution in [1.29, 1.82) is 5.26 Å². The predicted molar refractivity (Wildman–Crippen MR) is 68.2 cm³/mol. The zero-order chi connectivity index (χ0) is 13.5. The fourth-order valence-electron chi connectivity index (χ4n) is 1.56. The Hall–Kier alpha value is -1.61. The number of nitriles is 1. The maximum absolute atomic E-state index is 11.1. The molecule has 6 heteroatoms. The molecule has 0 amide bonds. The highest BCUT2D eigenvalue weighted by Crippen LogP contribution is 2.24. The topological polar surface area (TPSA) is 75.9 Å². The Labute approximate surface area is 111 Å². The largest absolute Gasteiger partial charge is 0.468 e. The molecule has 0 aromatic carbocycles. The molecule has 0 N–H and O–H groups in total. The van der Waals surface area contributed by atoms with Crippen molar-refractivity contribution in [2.75, 3.05) is 12.9 Å². The van der Waals surface area contributed by atoms with Gasteiger partial charge in [0.15, 0.2) is 0 Å². The van der Waals surface area contributed by atoms with Gasteiger partial charge in [0, 0.05) is 0 Å². The Morgan fingerprint density at radius 3 is 2.61 bits per heavy atom. The monoisotopic (exact) mass is 265 g/mol. The summed E-state index contributed by atoms with van der Waals surface area (Å²) in [5.74, 6) is -0.211. The fraction of sp³-hybridized carbons (Fsp3) is 0.500. The van der Waals surface area contributed by atoms with Crippen LogP contribution < -0.4 is 0 Å². The molecule has 0 saturated carbocycles. The molecule has 0 saturated heterocycles. The van der Waals surface area contributed by atoms with Gasteiger partial charge in [0.1, 0.15) is 11.1 Å². The van der Waals surface area contributed by atoms with Crippen molar-refractivity contribution in [3.05, 3.63) is 16.8 Å². The van der Waals surface area contributed by atoms with Gasteiger partial charge in [-0.25, -0.2) is 0 Å². The van der Waals surface area contributed by atoms with Crippen LogP contribution in [0.4, 0.5) is 0 Å². The predicted octanol–water partition coefficient (Wildman–Crippen LogP) is 1.74. The van der Waals surface area contributed by atoms with E-state index < -0.39 is 0 Å². The van der Waals surface area contributed by atoms with E-state index in [1.165, 1.54) is 18.9 Å². The third-order valence-corrected chi connectivity index (χ3v) is 3.42. The van der Waals surface area contributed by atoms with E-state index in [0.29, 0.717) is 10.6 Å². The second kappa shape index (κ2) is 6.97. The molecule has 1 aromatic heterocycles. The zero-order valence-corrected chi connectivity index (χ0v) is 11.5. The van der Waals surface area contributed by atoms with Crippen LogP contribution in [0.2, 0.25) is 0 Å². The number of carbonyl (C=O) groups is 1. The van der Waals surface area contributed by atoms with Crippen molar-refractivity contribution in [3.8, 4) is 6.07 Å². The summed E-state index contributed by atoms with van der Waals surface area (Å²) in [6, 6.07) is 2.16. The van der Waals surface area contributed by atoms with Crippen molar-refractivity contribution in [1.82, 2.24) is 10.2 Å². The molecule has 1 rings (SSSR count). The lowest BCUT2D eigenvalue weighted by Gasteiger charge is -2.09. The number of hydrogen-bond donors (Lipinski definition) is 0. The van der Waals surface area contributed by atoms with Gasteiger partial charge >= 0.3 is 5.97 Å². The number of thioether (sulfide) groups is 1. The summed E-state index contributed by atoms with van der Waals surface area (Å²) in [6.45, 7) is 3.96. The van der Waals surface area contributed by atoms with Gasteiger partial charge in [-0.3, -0.25) is 4.79 Å². The highest BCUT2D eigenvalue weighted by atomic mass is 32.2. The van der Waals surface area contributed by atoms with E-state index in [2.05, 4.69) is 21.0 Å². The number of hydrogen-bond acceptors (Lipinski definition) is 6. The second-order valence-electron chi connectivity index (χ2n) is 3.49. The average molecular weight is 265 g/mol. The van der Waals surface area contributed by atoms with Crippen molar-refractivity contribution >= 4 is 17.7 Å². The van der Waals surface area contributed by atoms with E-state index in [0.717, 1.165) is 24.1 Å². The standard InChI is InChI=1S/C12H15N3O2S/c1-4-8-9(6-13)12(15-14-10(8)5-2)18-7-11(16)17-3/h4-5,7H2,1-3H3. The number of ether oxygens (including phenoxy) is 1. The van der Waals surface area contributed by atoms with Crippen LogP contribution in [0.25, 0.3) is 0 Å². The Morgan fingerprint density at radius 1 is 1.39 bits per heavy atom. The summed E-state index contributed by atoms with van der Waals surface area (Å²) in [4.78, 5) is 11.1. The van der Waals surface area contributed by atoms with E-state index in [1.54, 1.807) is 0 Å². The van der Waals surface area contributed by atoms with Gasteiger partial charge in [0.25, 0.3) is 0 Å². The van der Waals surface area contributed by atoms with Crippen LogP contribution in [0.15, 0.2) is 5.03 Å². The second-order valence-corrected chi connectivity index (χ2v) is 4.45. The molecule has 96 valence electrons. The lowest BCUT2D eigenvalue weighted by atomic mass is 10.1. The minimum atomic E-state index is -0.344. The minimum Gasteiger partial charge on any atom is -0.468 e. The van der Waals surface area contributed by atoms with Gasteiger partial charge in [-0.1, -0.05) is 25.6 Å². The molecule has 0 aliphatic heterocycles. The molecule has 0 radical (unpaired) electrons. The van der Waals surface area contributed by atoms with Gasteiger partial charge in [-0.15, -0.1) is 5.10 Å². The van der Waals surface area contributed by atoms with Gasteiger partial charge in [-0.05, 0) is 18.4 Å². The molecule has 0 fully saturated rings. The Bertz CT molecular complexity index is 483. The number of esters is 1. The van der Waals surface area contributed by atoms with Crippen LogP contribution in [-0.4, -0.2) is 29.0 Å². The molecule has 0 spiro atoms. The van der Waals surface area contributed by atoms with E-state index >= 15 is 0 Å². The summed E-state index contributed by atoms with van der Waals surface area (Å²) >= 11 is 1.18. The molecule has 0 bridgehead atoms. The Balaban J connectivity index is 3.06. The number of rotatable bonds is 5. The lowest BCUT2D eigenvalue weighted by Crippen LogP contribution is -2.07. The third-order valence-electron chi connectivity index (χ3n) is 2.48. The van der Waals surface area contributed by atoms with Crippen molar-refractivity contribution < 1.29 is 9.53 Å². The summed E-state index contributed by atoms with van der Waals surface area (Å²) in [7, 11) is 1.33. The van der Waals surface area contributed by atoms with Gasteiger partial charge in [-0.2, -0.15) is 10.4 Å². The summed E-state index contributed by atoms with van der Waals surface area (Å²) in [6.07, 6.45) is 1.47. The smallest absolute Gasteiger partial charge is 0.316 e. The van der Waals surface area contributed by atoms with E-state index in [4.69, 9.17) is 0 Å². The first-order valence-corrected chi connectivity index (χ1v) is 6.64. The van der Waals surface area contributed by atoms with Crippen LogP contribution in [0, 0.1) is 11.3 Å². The SMILES string of the molecule is CCc1nnc(SCC(=O)OC)c(C#N)c1CC. The molecule has 0 atom stereocenters. The number of carbonyl (C=O) groups excluding carboxylic acids is 1. The third kappa shape index (κ3) is 3.20. The van der Waals surface area contributed by atoms with Crippen molar-refractivity contribution in [3.63, 3.8) is 0 Å². The number of methoxy groups -OCH3 is 1. The number of aromatic nitrogens is 2. The lowest BCUT2D eigenvalue weighted by molar-refractivity contribution is -0.137. The van der Waals surface area contributed by atoms with E-state index in [1.807, 2.05) is 13.8 Å². The maximum Gasteiger partial charge on any atom is 0.316 e. The van der Waals surface area contributed by atoms with Crippen molar-refractivity contribution in [2.24, 2.45) is 0 Å². The molecular formula is C12H15N3O2S. The van der Waals surface area contributed by atoms with Crippen LogP contribution in [0.1, 0.15) is 30.7 Å². The summed E-state index contributed by atoms with van der Waals surface area (Å²) in [5, 5.41) is 17.8.